The highest BCUT2D eigenvalue weighted by atomic mass is 79.9. The van der Waals surface area contributed by atoms with E-state index in [2.05, 4.69) is 50.6 Å². The summed E-state index contributed by atoms with van der Waals surface area (Å²) in [5, 5.41) is 5.89. The molecule has 0 saturated heterocycles. The van der Waals surface area contributed by atoms with Crippen LogP contribution in [0.15, 0.2) is 34.7 Å². The molecule has 3 heterocycles. The minimum absolute atomic E-state index is 0.438. The highest BCUT2D eigenvalue weighted by Crippen LogP contribution is 2.34. The minimum atomic E-state index is 0.438. The summed E-state index contributed by atoms with van der Waals surface area (Å²) >= 11 is 5.25. The molecule has 0 amide bonds. The number of allylic oxidation sites excluding steroid dienone is 4. The van der Waals surface area contributed by atoms with Crippen LogP contribution in [0.25, 0.3) is 5.70 Å². The number of aryl methyl sites for hydroxylation is 1. The lowest BCUT2D eigenvalue weighted by Crippen LogP contribution is -2.30. The van der Waals surface area contributed by atoms with Crippen LogP contribution in [0.2, 0.25) is 0 Å². The van der Waals surface area contributed by atoms with Crippen molar-refractivity contribution in [3.63, 3.8) is 0 Å². The molecule has 0 unspecified atom stereocenters. The first kappa shape index (κ1) is 21.8. The van der Waals surface area contributed by atoms with Crippen LogP contribution < -0.4 is 4.90 Å². The molecule has 1 aliphatic rings. The second-order valence-electron chi connectivity index (χ2n) is 7.52. The molecule has 3 rings (SSSR count). The fourth-order valence-electron chi connectivity index (χ4n) is 3.17. The van der Waals surface area contributed by atoms with Gasteiger partial charge in [-0.1, -0.05) is 26.5 Å². The van der Waals surface area contributed by atoms with Gasteiger partial charge in [0, 0.05) is 36.6 Å². The zero-order valence-electron chi connectivity index (χ0n) is 17.7. The van der Waals surface area contributed by atoms with Crippen molar-refractivity contribution in [2.75, 3.05) is 18.1 Å². The van der Waals surface area contributed by atoms with Crippen molar-refractivity contribution < 1.29 is 4.74 Å². The molecular formula is C21H28BrN5OS. The molecule has 0 aromatic carbocycles. The number of halogens is 1. The average molecular weight is 478 g/mol. The summed E-state index contributed by atoms with van der Waals surface area (Å²) in [7, 11) is 0. The Balaban J connectivity index is 1.98. The van der Waals surface area contributed by atoms with Crippen LogP contribution in [0.4, 0.5) is 5.13 Å². The summed E-state index contributed by atoms with van der Waals surface area (Å²) in [6, 6.07) is 0. The average Bonchev–Trinajstić information content (AvgIpc) is 3.27. The van der Waals surface area contributed by atoms with E-state index in [1.807, 2.05) is 37.6 Å². The van der Waals surface area contributed by atoms with Gasteiger partial charge in [0.05, 0.1) is 12.3 Å². The summed E-state index contributed by atoms with van der Waals surface area (Å²) in [6.07, 6.45) is 4.70. The molecule has 0 aliphatic carbocycles. The van der Waals surface area contributed by atoms with Crippen molar-refractivity contribution >= 4 is 38.3 Å². The molecule has 0 saturated carbocycles. The first-order chi connectivity index (χ1) is 13.8. The van der Waals surface area contributed by atoms with Crippen LogP contribution in [-0.4, -0.2) is 32.3 Å². The van der Waals surface area contributed by atoms with E-state index in [0.29, 0.717) is 12.5 Å². The van der Waals surface area contributed by atoms with E-state index in [1.165, 1.54) is 17.1 Å². The number of hydrogen-bond acceptors (Lipinski definition) is 6. The van der Waals surface area contributed by atoms with Crippen molar-refractivity contribution in [3.05, 3.63) is 51.7 Å². The maximum atomic E-state index is 6.12. The van der Waals surface area contributed by atoms with Crippen LogP contribution >= 0.6 is 27.5 Å². The third-order valence-corrected chi connectivity index (χ3v) is 6.40. The molecule has 1 aliphatic heterocycles. The second-order valence-corrected chi connectivity index (χ2v) is 9.00. The van der Waals surface area contributed by atoms with E-state index in [1.54, 1.807) is 0 Å². The summed E-state index contributed by atoms with van der Waals surface area (Å²) in [5.74, 6) is 2.07. The molecule has 0 fully saturated rings. The Hall–Kier alpha value is -1.93. The molecule has 0 radical (unpaired) electrons. The van der Waals surface area contributed by atoms with Crippen LogP contribution in [0.1, 0.15) is 44.8 Å². The SMILES string of the molecule is C=C/C(C)=C(\C(=C/C)OCC(C)C)n1nc2c(c1Br)CN(c1nc(C)ns1)CC2. The molecular weight excluding hydrogens is 450 g/mol. The molecule has 0 N–H and O–H groups in total. The van der Waals surface area contributed by atoms with Gasteiger partial charge >= 0.3 is 0 Å². The Labute approximate surface area is 185 Å². The lowest BCUT2D eigenvalue weighted by molar-refractivity contribution is 0.190. The van der Waals surface area contributed by atoms with Gasteiger partial charge in [-0.3, -0.25) is 0 Å². The normalized spacial score (nSPS) is 15.4. The number of hydrogen-bond donors (Lipinski definition) is 0. The maximum Gasteiger partial charge on any atom is 0.205 e. The minimum Gasteiger partial charge on any atom is -0.491 e. The van der Waals surface area contributed by atoms with Crippen molar-refractivity contribution in [2.45, 2.75) is 47.6 Å². The first-order valence-corrected chi connectivity index (χ1v) is 11.4. The quantitative estimate of drug-likeness (QED) is 0.396. The Bertz CT molecular complexity index is 956. The van der Waals surface area contributed by atoms with E-state index in [0.717, 1.165) is 57.8 Å². The first-order valence-electron chi connectivity index (χ1n) is 9.80. The van der Waals surface area contributed by atoms with E-state index < -0.39 is 0 Å². The third kappa shape index (κ3) is 4.64. The number of nitrogens with zero attached hydrogens (tertiary/aromatic N) is 5. The largest absolute Gasteiger partial charge is 0.491 e. The molecule has 0 atom stereocenters. The Morgan fingerprint density at radius 2 is 2.17 bits per heavy atom. The van der Waals surface area contributed by atoms with Gasteiger partial charge in [0.25, 0.3) is 0 Å². The number of anilines is 1. The lowest BCUT2D eigenvalue weighted by Gasteiger charge is -2.25. The highest BCUT2D eigenvalue weighted by molar-refractivity contribution is 9.10. The molecule has 156 valence electrons. The van der Waals surface area contributed by atoms with Gasteiger partial charge < -0.3 is 9.64 Å². The Morgan fingerprint density at radius 1 is 1.41 bits per heavy atom. The monoisotopic (exact) mass is 477 g/mol. The van der Waals surface area contributed by atoms with E-state index >= 15 is 0 Å². The Kier molecular flexibility index (Phi) is 6.95. The molecule has 2 aromatic rings. The van der Waals surface area contributed by atoms with Gasteiger partial charge in [-0.2, -0.15) is 9.47 Å². The van der Waals surface area contributed by atoms with Crippen LogP contribution in [0.5, 0.6) is 0 Å². The zero-order valence-corrected chi connectivity index (χ0v) is 20.1. The number of rotatable bonds is 7. The van der Waals surface area contributed by atoms with Gasteiger partial charge in [-0.05, 0) is 54.3 Å². The van der Waals surface area contributed by atoms with Gasteiger partial charge in [0.2, 0.25) is 5.13 Å². The van der Waals surface area contributed by atoms with Crippen LogP contribution in [0, 0.1) is 12.8 Å². The second kappa shape index (κ2) is 9.26. The van der Waals surface area contributed by atoms with E-state index in [9.17, 15) is 0 Å². The summed E-state index contributed by atoms with van der Waals surface area (Å²) in [5.41, 5.74) is 4.21. The van der Waals surface area contributed by atoms with Crippen molar-refractivity contribution in [1.29, 1.82) is 0 Å². The van der Waals surface area contributed by atoms with Crippen molar-refractivity contribution in [3.8, 4) is 0 Å². The van der Waals surface area contributed by atoms with E-state index in [-0.39, 0.29) is 0 Å². The molecule has 0 spiro atoms. The predicted octanol–water partition coefficient (Wildman–Crippen LogP) is 5.36. The van der Waals surface area contributed by atoms with Gasteiger partial charge in [0.1, 0.15) is 21.9 Å². The van der Waals surface area contributed by atoms with Crippen LogP contribution in [0.3, 0.4) is 0 Å². The van der Waals surface area contributed by atoms with Gasteiger partial charge in [-0.15, -0.1) is 0 Å². The molecule has 29 heavy (non-hydrogen) atoms. The Morgan fingerprint density at radius 3 is 2.76 bits per heavy atom. The topological polar surface area (TPSA) is 56.1 Å². The number of ether oxygens (including phenoxy) is 1. The summed E-state index contributed by atoms with van der Waals surface area (Å²) in [6.45, 7) is 16.5. The van der Waals surface area contributed by atoms with Crippen LogP contribution in [-0.2, 0) is 17.7 Å². The highest BCUT2D eigenvalue weighted by Gasteiger charge is 2.28. The lowest BCUT2D eigenvalue weighted by atomic mass is 10.1. The van der Waals surface area contributed by atoms with Gasteiger partial charge in [0.15, 0.2) is 0 Å². The van der Waals surface area contributed by atoms with E-state index in [4.69, 9.17) is 9.84 Å². The smallest absolute Gasteiger partial charge is 0.205 e. The zero-order chi connectivity index (χ0) is 21.1. The molecule has 6 nitrogen and oxygen atoms in total. The van der Waals surface area contributed by atoms with Crippen molar-refractivity contribution in [1.82, 2.24) is 19.1 Å². The fraction of sp³-hybridized carbons (Fsp3) is 0.476. The predicted molar refractivity (Wildman–Crippen MR) is 123 cm³/mol. The summed E-state index contributed by atoms with van der Waals surface area (Å²) < 4.78 is 13.3. The van der Waals surface area contributed by atoms with Crippen molar-refractivity contribution in [2.24, 2.45) is 5.92 Å². The molecule has 0 bridgehead atoms. The standard InChI is InChI=1S/C21H28BrN5OS/c1-7-14(5)19(18(8-2)28-12-13(3)4)27-20(22)16-11-26(10-9-17(16)24-27)21-23-15(6)25-29-21/h7-8,13H,1,9-12H2,2-6H3/b18-8+,19-14+. The van der Waals surface area contributed by atoms with Gasteiger partial charge in [-0.25, -0.2) is 9.67 Å². The molecule has 8 heteroatoms. The number of fused-ring (bicyclic) bond motifs is 1. The fourth-order valence-corrected chi connectivity index (χ4v) is 4.48. The summed E-state index contributed by atoms with van der Waals surface area (Å²) in [4.78, 5) is 6.81. The number of aromatic nitrogens is 4. The molecule has 2 aromatic heterocycles. The maximum absolute atomic E-state index is 6.12. The third-order valence-electron chi connectivity index (χ3n) is 4.72.